The number of nitriles is 1. The SMILES string of the molecule is CCc1cccc(NC(=O)CSC2=C(C#N)C(c3cc(Br)cs3)C(C(=O)Nc3ccccc3)=C(C)N2)c1. The lowest BCUT2D eigenvalue weighted by molar-refractivity contribution is -0.114. The molecule has 0 radical (unpaired) electrons. The summed E-state index contributed by atoms with van der Waals surface area (Å²) in [6.45, 7) is 3.88. The Morgan fingerprint density at radius 1 is 1.11 bits per heavy atom. The molecule has 1 aliphatic heterocycles. The van der Waals surface area contributed by atoms with E-state index in [4.69, 9.17) is 0 Å². The predicted octanol–water partition coefficient (Wildman–Crippen LogP) is 6.78. The van der Waals surface area contributed by atoms with Crippen LogP contribution in [0.15, 0.2) is 92.4 Å². The zero-order valence-corrected chi connectivity index (χ0v) is 23.5. The molecule has 188 valence electrons. The van der Waals surface area contributed by atoms with Gasteiger partial charge in [0.2, 0.25) is 5.91 Å². The number of halogens is 1. The van der Waals surface area contributed by atoms with E-state index in [-0.39, 0.29) is 17.6 Å². The Hall–Kier alpha value is -3.32. The first kappa shape index (κ1) is 26.7. The van der Waals surface area contributed by atoms with E-state index in [2.05, 4.69) is 44.9 Å². The van der Waals surface area contributed by atoms with Crippen LogP contribution in [-0.2, 0) is 16.0 Å². The fraction of sp³-hybridized carbons (Fsp3) is 0.179. The number of amides is 2. The molecule has 2 amide bonds. The Bertz CT molecular complexity index is 1420. The molecule has 1 unspecified atom stereocenters. The van der Waals surface area contributed by atoms with Crippen molar-refractivity contribution < 1.29 is 9.59 Å². The number of hydrogen-bond acceptors (Lipinski definition) is 6. The van der Waals surface area contributed by atoms with Crippen molar-refractivity contribution >= 4 is 62.2 Å². The summed E-state index contributed by atoms with van der Waals surface area (Å²) in [7, 11) is 0. The summed E-state index contributed by atoms with van der Waals surface area (Å²) in [5.41, 5.74) is 4.07. The minimum Gasteiger partial charge on any atom is -0.353 e. The molecule has 2 heterocycles. The molecule has 3 N–H and O–H groups in total. The van der Waals surface area contributed by atoms with Crippen molar-refractivity contribution in [2.75, 3.05) is 16.4 Å². The lowest BCUT2D eigenvalue weighted by Crippen LogP contribution is -2.30. The number of thiophene rings is 1. The van der Waals surface area contributed by atoms with E-state index in [1.165, 1.54) is 23.1 Å². The first-order chi connectivity index (χ1) is 17.9. The van der Waals surface area contributed by atoms with Gasteiger partial charge in [0, 0.05) is 37.4 Å². The van der Waals surface area contributed by atoms with Crippen molar-refractivity contribution in [3.63, 3.8) is 0 Å². The smallest absolute Gasteiger partial charge is 0.254 e. The summed E-state index contributed by atoms with van der Waals surface area (Å²) in [6.07, 6.45) is 0.882. The van der Waals surface area contributed by atoms with E-state index in [9.17, 15) is 14.9 Å². The van der Waals surface area contributed by atoms with E-state index in [0.29, 0.717) is 27.6 Å². The molecule has 0 aliphatic carbocycles. The molecule has 9 heteroatoms. The number of hydrogen-bond donors (Lipinski definition) is 3. The summed E-state index contributed by atoms with van der Waals surface area (Å²) in [4.78, 5) is 27.0. The topological polar surface area (TPSA) is 94.0 Å². The molecule has 0 bridgehead atoms. The number of nitrogens with one attached hydrogen (secondary N) is 3. The van der Waals surface area contributed by atoms with Crippen LogP contribution in [0.2, 0.25) is 0 Å². The van der Waals surface area contributed by atoms with E-state index in [0.717, 1.165) is 27.0 Å². The highest BCUT2D eigenvalue weighted by Gasteiger charge is 2.35. The number of para-hydroxylation sites is 1. The number of benzene rings is 2. The van der Waals surface area contributed by atoms with Crippen LogP contribution in [0.3, 0.4) is 0 Å². The molecule has 2 aromatic carbocycles. The van der Waals surface area contributed by atoms with Crippen LogP contribution < -0.4 is 16.0 Å². The van der Waals surface area contributed by atoms with Gasteiger partial charge in [-0.3, -0.25) is 9.59 Å². The number of carbonyl (C=O) groups is 2. The lowest BCUT2D eigenvalue weighted by atomic mass is 9.86. The van der Waals surface area contributed by atoms with Crippen molar-refractivity contribution in [2.45, 2.75) is 26.2 Å². The maximum atomic E-state index is 13.4. The van der Waals surface area contributed by atoms with E-state index in [1.54, 1.807) is 0 Å². The molecule has 0 fully saturated rings. The Morgan fingerprint density at radius 2 is 1.86 bits per heavy atom. The first-order valence-corrected chi connectivity index (χ1v) is 14.3. The fourth-order valence-corrected chi connectivity index (χ4v) is 6.47. The van der Waals surface area contributed by atoms with E-state index < -0.39 is 5.92 Å². The largest absolute Gasteiger partial charge is 0.353 e. The van der Waals surface area contributed by atoms with Crippen LogP contribution in [0.4, 0.5) is 11.4 Å². The number of dihydropyridines is 1. The molecule has 0 saturated heterocycles. The lowest BCUT2D eigenvalue weighted by Gasteiger charge is -2.29. The Labute approximate surface area is 233 Å². The van der Waals surface area contributed by atoms with Crippen LogP contribution in [0.5, 0.6) is 0 Å². The second kappa shape index (κ2) is 12.3. The normalized spacial score (nSPS) is 15.1. The number of nitrogens with zero attached hydrogens (tertiary/aromatic N) is 1. The second-order valence-electron chi connectivity index (χ2n) is 8.33. The highest BCUT2D eigenvalue weighted by Crippen LogP contribution is 2.43. The van der Waals surface area contributed by atoms with Crippen LogP contribution in [-0.4, -0.2) is 17.6 Å². The number of anilines is 2. The standard InChI is InChI=1S/C28H25BrN4O2S2/c1-3-18-8-7-11-21(12-18)32-24(34)16-37-28-22(14-30)26(23-13-19(29)15-36-23)25(17(2)31-28)27(35)33-20-9-5-4-6-10-20/h4-13,15,26,31H,3,16H2,1-2H3,(H,32,34)(H,33,35). The number of thioether (sulfide) groups is 1. The molecule has 6 nitrogen and oxygen atoms in total. The van der Waals surface area contributed by atoms with Crippen molar-refractivity contribution in [1.29, 1.82) is 5.26 Å². The summed E-state index contributed by atoms with van der Waals surface area (Å²) in [5.74, 6) is -0.896. The highest BCUT2D eigenvalue weighted by molar-refractivity contribution is 9.10. The van der Waals surface area contributed by atoms with Gasteiger partial charge >= 0.3 is 0 Å². The Morgan fingerprint density at radius 3 is 2.54 bits per heavy atom. The zero-order valence-electron chi connectivity index (χ0n) is 20.3. The van der Waals surface area contributed by atoms with Gasteiger partial charge in [0.25, 0.3) is 5.91 Å². The Kier molecular flexibility index (Phi) is 8.87. The average Bonchev–Trinajstić information content (AvgIpc) is 3.33. The number of rotatable bonds is 8. The molecular weight excluding hydrogens is 568 g/mol. The van der Waals surface area contributed by atoms with Crippen molar-refractivity contribution in [1.82, 2.24) is 5.32 Å². The van der Waals surface area contributed by atoms with Gasteiger partial charge in [0.15, 0.2) is 0 Å². The third-order valence-corrected chi connectivity index (χ3v) is 8.54. The van der Waals surface area contributed by atoms with Crippen LogP contribution in [0.25, 0.3) is 0 Å². The number of carbonyl (C=O) groups excluding carboxylic acids is 2. The van der Waals surface area contributed by atoms with Crippen LogP contribution >= 0.6 is 39.0 Å². The molecule has 3 aromatic rings. The van der Waals surface area contributed by atoms with Gasteiger partial charge in [-0.15, -0.1) is 11.3 Å². The van der Waals surface area contributed by atoms with Gasteiger partial charge in [-0.2, -0.15) is 5.26 Å². The number of allylic oxidation sites excluding steroid dienone is 2. The second-order valence-corrected chi connectivity index (χ2v) is 11.2. The molecular formula is C28H25BrN4O2S2. The molecule has 1 aliphatic rings. The maximum absolute atomic E-state index is 13.4. The fourth-order valence-electron chi connectivity index (χ4n) is 4.02. The van der Waals surface area contributed by atoms with Gasteiger partial charge in [0.05, 0.1) is 28.3 Å². The molecule has 37 heavy (non-hydrogen) atoms. The zero-order chi connectivity index (χ0) is 26.4. The molecule has 1 atom stereocenters. The monoisotopic (exact) mass is 592 g/mol. The third-order valence-electron chi connectivity index (χ3n) is 5.76. The minimum absolute atomic E-state index is 0.115. The Balaban J connectivity index is 1.59. The van der Waals surface area contributed by atoms with E-state index in [1.807, 2.05) is 73.0 Å². The number of aryl methyl sites for hydroxylation is 1. The van der Waals surface area contributed by atoms with Gasteiger partial charge in [0.1, 0.15) is 0 Å². The molecule has 0 saturated carbocycles. The molecule has 1 aromatic heterocycles. The molecule has 0 spiro atoms. The summed E-state index contributed by atoms with van der Waals surface area (Å²) >= 11 is 6.22. The van der Waals surface area contributed by atoms with E-state index >= 15 is 0 Å². The predicted molar refractivity (Wildman–Crippen MR) is 155 cm³/mol. The highest BCUT2D eigenvalue weighted by atomic mass is 79.9. The molecule has 4 rings (SSSR count). The first-order valence-electron chi connectivity index (χ1n) is 11.6. The van der Waals surface area contributed by atoms with Crippen molar-refractivity contribution in [3.8, 4) is 6.07 Å². The summed E-state index contributed by atoms with van der Waals surface area (Å²) in [5, 5.41) is 21.8. The van der Waals surface area contributed by atoms with Gasteiger partial charge in [-0.1, -0.05) is 49.0 Å². The van der Waals surface area contributed by atoms with Crippen molar-refractivity contribution in [3.05, 3.63) is 103 Å². The van der Waals surface area contributed by atoms with Crippen molar-refractivity contribution in [2.24, 2.45) is 0 Å². The van der Waals surface area contributed by atoms with Crippen LogP contribution in [0, 0.1) is 11.3 Å². The maximum Gasteiger partial charge on any atom is 0.254 e. The quantitative estimate of drug-likeness (QED) is 0.268. The minimum atomic E-state index is -0.557. The van der Waals surface area contributed by atoms with Gasteiger partial charge < -0.3 is 16.0 Å². The third kappa shape index (κ3) is 6.52. The summed E-state index contributed by atoms with van der Waals surface area (Å²) < 4.78 is 0.881. The summed E-state index contributed by atoms with van der Waals surface area (Å²) in [6, 6.07) is 21.2. The average molecular weight is 594 g/mol. The van der Waals surface area contributed by atoms with Gasteiger partial charge in [-0.05, 0) is 65.2 Å². The van der Waals surface area contributed by atoms with Crippen LogP contribution in [0.1, 0.15) is 30.2 Å². The van der Waals surface area contributed by atoms with Gasteiger partial charge in [-0.25, -0.2) is 0 Å².